The topological polar surface area (TPSA) is 70.2 Å². The summed E-state index contributed by atoms with van der Waals surface area (Å²) in [5.41, 5.74) is 2.68. The second-order valence-corrected chi connectivity index (χ2v) is 7.60. The molecule has 6 nitrogen and oxygen atoms in total. The Balaban J connectivity index is 1.51. The van der Waals surface area contributed by atoms with Crippen LogP contribution in [0.2, 0.25) is 0 Å². The summed E-state index contributed by atoms with van der Waals surface area (Å²) in [7, 11) is 0. The van der Waals surface area contributed by atoms with E-state index < -0.39 is 0 Å². The van der Waals surface area contributed by atoms with Crippen molar-refractivity contribution in [3.8, 4) is 0 Å². The molecule has 0 atom stereocenters. The van der Waals surface area contributed by atoms with Crippen LogP contribution in [-0.2, 0) is 0 Å². The summed E-state index contributed by atoms with van der Waals surface area (Å²) in [6.45, 7) is 7.40. The van der Waals surface area contributed by atoms with E-state index in [-0.39, 0.29) is 5.91 Å². The molecule has 0 unspecified atom stereocenters. The van der Waals surface area contributed by atoms with Gasteiger partial charge in [0.25, 0.3) is 5.91 Å². The summed E-state index contributed by atoms with van der Waals surface area (Å²) in [4.78, 5) is 23.0. The van der Waals surface area contributed by atoms with Crippen molar-refractivity contribution in [3.05, 3.63) is 42.2 Å². The van der Waals surface area contributed by atoms with Crippen LogP contribution in [-0.4, -0.2) is 35.5 Å². The summed E-state index contributed by atoms with van der Waals surface area (Å²) in [5.74, 6) is 1.20. The Bertz CT molecular complexity index is 737. The number of hydrogen-bond acceptors (Lipinski definition) is 5. The van der Waals surface area contributed by atoms with Gasteiger partial charge in [0.2, 0.25) is 5.95 Å². The molecule has 1 amide bonds. The van der Waals surface area contributed by atoms with E-state index in [0.717, 1.165) is 44.0 Å². The van der Waals surface area contributed by atoms with Gasteiger partial charge in [-0.15, -0.1) is 0 Å². The van der Waals surface area contributed by atoms with Gasteiger partial charge in [-0.3, -0.25) is 4.79 Å². The molecule has 28 heavy (non-hydrogen) atoms. The normalized spacial score (nSPS) is 14.7. The lowest BCUT2D eigenvalue weighted by atomic mass is 9.99. The molecule has 1 saturated heterocycles. The maximum atomic E-state index is 12.1. The van der Waals surface area contributed by atoms with E-state index in [1.807, 2.05) is 12.1 Å². The Kier molecular flexibility index (Phi) is 7.23. The lowest BCUT2D eigenvalue weighted by Gasteiger charge is -2.32. The quantitative estimate of drug-likeness (QED) is 0.664. The maximum absolute atomic E-state index is 12.1. The molecule has 0 bridgehead atoms. The van der Waals surface area contributed by atoms with Crippen LogP contribution in [0.4, 0.5) is 17.3 Å². The van der Waals surface area contributed by atoms with E-state index in [1.165, 1.54) is 18.5 Å². The zero-order valence-corrected chi connectivity index (χ0v) is 16.9. The van der Waals surface area contributed by atoms with Gasteiger partial charge in [-0.05, 0) is 49.4 Å². The molecule has 3 rings (SSSR count). The Hall–Kier alpha value is -2.63. The van der Waals surface area contributed by atoms with Gasteiger partial charge in [0.1, 0.15) is 0 Å². The van der Waals surface area contributed by atoms with Crippen LogP contribution >= 0.6 is 0 Å². The average Bonchev–Trinajstić information content (AvgIpc) is 2.73. The number of nitrogens with one attached hydrogen (secondary N) is 2. The fraction of sp³-hybridized carbons (Fsp3) is 0.500. The van der Waals surface area contributed by atoms with Crippen LogP contribution in [0.25, 0.3) is 0 Å². The number of anilines is 3. The smallest absolute Gasteiger partial charge is 0.254 e. The van der Waals surface area contributed by atoms with Crippen LogP contribution in [0, 0.1) is 5.92 Å². The number of carbonyl (C=O) groups excluding carboxylic acids is 1. The summed E-state index contributed by atoms with van der Waals surface area (Å²) in [6, 6.07) is 8.36. The van der Waals surface area contributed by atoms with Crippen LogP contribution in [0.3, 0.4) is 0 Å². The van der Waals surface area contributed by atoms with Crippen LogP contribution in [0.5, 0.6) is 0 Å². The molecule has 2 N–H and O–H groups in total. The minimum atomic E-state index is -0.122. The van der Waals surface area contributed by atoms with Crippen molar-refractivity contribution >= 4 is 23.2 Å². The molecule has 0 spiro atoms. The van der Waals surface area contributed by atoms with Crippen molar-refractivity contribution in [1.29, 1.82) is 0 Å². The van der Waals surface area contributed by atoms with Crippen LogP contribution in [0.15, 0.2) is 36.7 Å². The van der Waals surface area contributed by atoms with Crippen molar-refractivity contribution in [2.75, 3.05) is 29.9 Å². The van der Waals surface area contributed by atoms with Gasteiger partial charge in [0.05, 0.1) is 5.56 Å². The monoisotopic (exact) mass is 381 g/mol. The number of unbranched alkanes of at least 4 members (excludes halogenated alkanes) is 2. The third-order valence-corrected chi connectivity index (χ3v) is 5.25. The molecule has 0 radical (unpaired) electrons. The summed E-state index contributed by atoms with van der Waals surface area (Å²) < 4.78 is 0. The lowest BCUT2D eigenvalue weighted by Crippen LogP contribution is -2.32. The molecule has 1 fully saturated rings. The third kappa shape index (κ3) is 5.68. The molecule has 1 aromatic heterocycles. The number of nitrogens with zero attached hydrogens (tertiary/aromatic N) is 3. The number of benzene rings is 1. The van der Waals surface area contributed by atoms with Crippen LogP contribution in [0.1, 0.15) is 56.3 Å². The van der Waals surface area contributed by atoms with Gasteiger partial charge < -0.3 is 15.5 Å². The SMILES string of the molecule is CCCCCNC(=O)c1cnc(Nc2ccc(N3CCC(C)CC3)cc2)nc1. The first-order valence-electron chi connectivity index (χ1n) is 10.4. The van der Waals surface area contributed by atoms with E-state index in [1.54, 1.807) is 12.4 Å². The molecule has 0 saturated carbocycles. The van der Waals surface area contributed by atoms with E-state index in [2.05, 4.69) is 51.5 Å². The van der Waals surface area contributed by atoms with Gasteiger partial charge in [0, 0.05) is 43.4 Å². The fourth-order valence-electron chi connectivity index (χ4n) is 3.34. The number of piperidine rings is 1. The first-order chi connectivity index (χ1) is 13.7. The first kappa shape index (κ1) is 20.1. The van der Waals surface area contributed by atoms with Crippen molar-refractivity contribution < 1.29 is 4.79 Å². The predicted molar refractivity (Wildman–Crippen MR) is 114 cm³/mol. The zero-order valence-electron chi connectivity index (χ0n) is 16.9. The Labute approximate surface area is 167 Å². The number of carbonyl (C=O) groups is 1. The molecule has 1 aromatic carbocycles. The van der Waals surface area contributed by atoms with Gasteiger partial charge in [-0.1, -0.05) is 26.7 Å². The molecule has 1 aliphatic heterocycles. The first-order valence-corrected chi connectivity index (χ1v) is 10.4. The highest BCUT2D eigenvalue weighted by atomic mass is 16.1. The van der Waals surface area contributed by atoms with Crippen molar-refractivity contribution in [3.63, 3.8) is 0 Å². The van der Waals surface area contributed by atoms with Gasteiger partial charge >= 0.3 is 0 Å². The number of rotatable bonds is 8. The minimum absolute atomic E-state index is 0.122. The second kappa shape index (κ2) is 10.1. The number of amides is 1. The highest BCUT2D eigenvalue weighted by Gasteiger charge is 2.15. The third-order valence-electron chi connectivity index (χ3n) is 5.25. The fourth-order valence-corrected chi connectivity index (χ4v) is 3.34. The maximum Gasteiger partial charge on any atom is 0.254 e. The van der Waals surface area contributed by atoms with Crippen molar-refractivity contribution in [2.24, 2.45) is 5.92 Å². The Morgan fingerprint density at radius 3 is 2.43 bits per heavy atom. The van der Waals surface area contributed by atoms with Gasteiger partial charge in [-0.25, -0.2) is 9.97 Å². The molecule has 2 heterocycles. The second-order valence-electron chi connectivity index (χ2n) is 7.60. The van der Waals surface area contributed by atoms with Crippen molar-refractivity contribution in [2.45, 2.75) is 46.0 Å². The molecular weight excluding hydrogens is 350 g/mol. The van der Waals surface area contributed by atoms with Crippen LogP contribution < -0.4 is 15.5 Å². The molecule has 2 aromatic rings. The Morgan fingerprint density at radius 1 is 1.11 bits per heavy atom. The van der Waals surface area contributed by atoms with Gasteiger partial charge in [0.15, 0.2) is 0 Å². The zero-order chi connectivity index (χ0) is 19.8. The molecule has 0 aliphatic carbocycles. The van der Waals surface area contributed by atoms with E-state index >= 15 is 0 Å². The van der Waals surface area contributed by atoms with E-state index in [9.17, 15) is 4.79 Å². The van der Waals surface area contributed by atoms with Gasteiger partial charge in [-0.2, -0.15) is 0 Å². The van der Waals surface area contributed by atoms with E-state index in [4.69, 9.17) is 0 Å². The summed E-state index contributed by atoms with van der Waals surface area (Å²) in [6.07, 6.45) is 8.89. The largest absolute Gasteiger partial charge is 0.372 e. The standard InChI is InChI=1S/C22H31N5O/c1-3-4-5-12-23-21(28)18-15-24-22(25-16-18)26-19-6-8-20(9-7-19)27-13-10-17(2)11-14-27/h6-9,15-17H,3-5,10-14H2,1-2H3,(H,23,28)(H,24,25,26). The minimum Gasteiger partial charge on any atom is -0.372 e. The highest BCUT2D eigenvalue weighted by molar-refractivity contribution is 5.93. The molecule has 150 valence electrons. The van der Waals surface area contributed by atoms with E-state index in [0.29, 0.717) is 18.1 Å². The number of aromatic nitrogens is 2. The average molecular weight is 382 g/mol. The summed E-state index contributed by atoms with van der Waals surface area (Å²) in [5, 5.41) is 6.09. The molecule has 1 aliphatic rings. The summed E-state index contributed by atoms with van der Waals surface area (Å²) >= 11 is 0. The lowest BCUT2D eigenvalue weighted by molar-refractivity contribution is 0.0952. The number of hydrogen-bond donors (Lipinski definition) is 2. The Morgan fingerprint density at radius 2 is 1.79 bits per heavy atom. The predicted octanol–water partition coefficient (Wildman–Crippen LogP) is 4.38. The highest BCUT2D eigenvalue weighted by Crippen LogP contribution is 2.24. The van der Waals surface area contributed by atoms with Crippen molar-refractivity contribution in [1.82, 2.24) is 15.3 Å². The molecule has 6 heteroatoms. The molecular formula is C22H31N5O.